The van der Waals surface area contributed by atoms with Crippen molar-refractivity contribution in [3.8, 4) is 5.75 Å². The van der Waals surface area contributed by atoms with Gasteiger partial charge in [0, 0.05) is 0 Å². The molecule has 1 atom stereocenters. The molecular weight excluding hydrogens is 360 g/mol. The van der Waals surface area contributed by atoms with Crippen LogP contribution in [-0.2, 0) is 15.1 Å². The van der Waals surface area contributed by atoms with Crippen molar-refractivity contribution >= 4 is 17.8 Å². The summed E-state index contributed by atoms with van der Waals surface area (Å²) >= 11 is 0. The summed E-state index contributed by atoms with van der Waals surface area (Å²) in [7, 11) is 0. The van der Waals surface area contributed by atoms with Crippen LogP contribution in [0.3, 0.4) is 0 Å². The van der Waals surface area contributed by atoms with Crippen molar-refractivity contribution in [2.24, 2.45) is 0 Å². The third-order valence-corrected chi connectivity index (χ3v) is 4.36. The summed E-state index contributed by atoms with van der Waals surface area (Å²) in [6, 6.07) is 15.2. The molecule has 1 unspecified atom stereocenters. The van der Waals surface area contributed by atoms with Crippen LogP contribution < -0.4 is 15.4 Å². The molecule has 7 nitrogen and oxygen atoms in total. The van der Waals surface area contributed by atoms with E-state index < -0.39 is 23.3 Å². The highest BCUT2D eigenvalue weighted by atomic mass is 16.5. The van der Waals surface area contributed by atoms with E-state index in [1.165, 1.54) is 0 Å². The molecule has 0 radical (unpaired) electrons. The predicted molar refractivity (Wildman–Crippen MR) is 104 cm³/mol. The molecule has 0 aliphatic rings. The molecule has 0 saturated carbocycles. The molecule has 148 valence electrons. The Kier molecular flexibility index (Phi) is 7.14. The lowest BCUT2D eigenvalue weighted by atomic mass is 9.87. The predicted octanol–water partition coefficient (Wildman–Crippen LogP) is 2.32. The molecular formula is C21H24N2O5. The van der Waals surface area contributed by atoms with Crippen molar-refractivity contribution in [1.29, 1.82) is 0 Å². The minimum absolute atomic E-state index is 0.152. The molecule has 0 heterocycles. The number of carbonyl (C=O) groups excluding carboxylic acids is 2. The molecule has 0 fully saturated rings. The number of amides is 2. The van der Waals surface area contributed by atoms with Gasteiger partial charge < -0.3 is 20.5 Å². The second kappa shape index (κ2) is 9.55. The normalized spacial score (nSPS) is 12.5. The smallest absolute Gasteiger partial charge is 0.334 e. The number of nitrogens with one attached hydrogen (secondary N) is 2. The summed E-state index contributed by atoms with van der Waals surface area (Å²) in [5.41, 5.74) is -0.793. The molecule has 0 saturated heterocycles. The number of carboxylic acid groups (broad SMARTS) is 1. The number of ether oxygens (including phenoxy) is 1. The third kappa shape index (κ3) is 4.68. The molecule has 0 aliphatic carbocycles. The van der Waals surface area contributed by atoms with Gasteiger partial charge in [-0.05, 0) is 31.0 Å². The molecule has 2 amide bonds. The van der Waals surface area contributed by atoms with E-state index in [2.05, 4.69) is 10.6 Å². The topological polar surface area (TPSA) is 105 Å². The second-order valence-electron chi connectivity index (χ2n) is 6.09. The van der Waals surface area contributed by atoms with Gasteiger partial charge in [-0.25, -0.2) is 4.79 Å². The van der Waals surface area contributed by atoms with Crippen molar-refractivity contribution in [3.63, 3.8) is 0 Å². The van der Waals surface area contributed by atoms with Crippen LogP contribution in [0.25, 0.3) is 0 Å². The average molecular weight is 384 g/mol. The Morgan fingerprint density at radius 2 is 1.64 bits per heavy atom. The quantitative estimate of drug-likeness (QED) is 0.615. The summed E-state index contributed by atoms with van der Waals surface area (Å²) < 4.78 is 5.41. The Balaban J connectivity index is 2.10. The molecule has 28 heavy (non-hydrogen) atoms. The Morgan fingerprint density at radius 1 is 1.00 bits per heavy atom. The lowest BCUT2D eigenvalue weighted by molar-refractivity contribution is -0.148. The first-order valence-electron chi connectivity index (χ1n) is 9.04. The van der Waals surface area contributed by atoms with Crippen LogP contribution >= 0.6 is 0 Å². The summed E-state index contributed by atoms with van der Waals surface area (Å²) in [5, 5.41) is 14.8. The van der Waals surface area contributed by atoms with Crippen molar-refractivity contribution in [3.05, 3.63) is 65.7 Å². The van der Waals surface area contributed by atoms with Crippen molar-refractivity contribution in [1.82, 2.24) is 10.6 Å². The van der Waals surface area contributed by atoms with Crippen molar-refractivity contribution < 1.29 is 24.2 Å². The van der Waals surface area contributed by atoms with E-state index in [4.69, 9.17) is 4.74 Å². The minimum Gasteiger partial charge on any atom is -0.493 e. The first-order valence-corrected chi connectivity index (χ1v) is 9.04. The molecule has 3 N–H and O–H groups in total. The lowest BCUT2D eigenvalue weighted by Crippen LogP contribution is -2.53. The number of carbonyl (C=O) groups is 3. The Hall–Kier alpha value is -3.35. The van der Waals surface area contributed by atoms with Gasteiger partial charge >= 0.3 is 5.97 Å². The fourth-order valence-corrected chi connectivity index (χ4v) is 2.89. The number of aliphatic carboxylic acids is 1. The maximum Gasteiger partial charge on any atom is 0.334 e. The summed E-state index contributed by atoms with van der Waals surface area (Å²) in [5.74, 6) is -1.82. The number of benzene rings is 2. The van der Waals surface area contributed by atoms with Gasteiger partial charge in [-0.3, -0.25) is 9.59 Å². The SMILES string of the molecule is CCOc1ccccc1C(=O)NCC(=O)NC(CC)(C(=O)O)c1ccccc1. The number of rotatable bonds is 9. The first kappa shape index (κ1) is 21.0. The van der Waals surface area contributed by atoms with Crippen molar-refractivity contribution in [2.45, 2.75) is 25.8 Å². The van der Waals surface area contributed by atoms with Gasteiger partial charge in [0.05, 0.1) is 18.7 Å². The van der Waals surface area contributed by atoms with E-state index in [1.54, 1.807) is 61.5 Å². The van der Waals surface area contributed by atoms with Gasteiger partial charge in [0.2, 0.25) is 5.91 Å². The van der Waals surface area contributed by atoms with Crippen LogP contribution in [0.5, 0.6) is 5.75 Å². The Bertz CT molecular complexity index is 838. The van der Waals surface area contributed by atoms with Crippen LogP contribution in [0.15, 0.2) is 54.6 Å². The Labute approximate surface area is 163 Å². The van der Waals surface area contributed by atoms with Gasteiger partial charge in [0.1, 0.15) is 5.75 Å². The number of para-hydroxylation sites is 1. The summed E-state index contributed by atoms with van der Waals surface area (Å²) in [6.07, 6.45) is 0.152. The molecule has 7 heteroatoms. The second-order valence-corrected chi connectivity index (χ2v) is 6.09. The van der Waals surface area contributed by atoms with Crippen LogP contribution in [0.2, 0.25) is 0 Å². The maximum absolute atomic E-state index is 12.4. The van der Waals surface area contributed by atoms with Crippen molar-refractivity contribution in [2.75, 3.05) is 13.2 Å². The molecule has 0 bridgehead atoms. The van der Waals surface area contributed by atoms with E-state index in [9.17, 15) is 19.5 Å². The maximum atomic E-state index is 12.4. The number of carboxylic acids is 1. The van der Waals surface area contributed by atoms with E-state index in [1.807, 2.05) is 6.92 Å². The monoisotopic (exact) mass is 384 g/mol. The number of hydrogen-bond donors (Lipinski definition) is 3. The third-order valence-electron chi connectivity index (χ3n) is 4.36. The van der Waals surface area contributed by atoms with E-state index in [0.29, 0.717) is 23.5 Å². The molecule has 2 rings (SSSR count). The number of hydrogen-bond acceptors (Lipinski definition) is 4. The van der Waals surface area contributed by atoms with Crippen LogP contribution in [0.1, 0.15) is 36.2 Å². The molecule has 0 spiro atoms. The largest absolute Gasteiger partial charge is 0.493 e. The summed E-state index contributed by atoms with van der Waals surface area (Å²) in [6.45, 7) is 3.53. The Morgan fingerprint density at radius 3 is 2.25 bits per heavy atom. The zero-order valence-electron chi connectivity index (χ0n) is 15.9. The average Bonchev–Trinajstić information content (AvgIpc) is 2.71. The van der Waals surface area contributed by atoms with Gasteiger partial charge in [-0.2, -0.15) is 0 Å². The summed E-state index contributed by atoms with van der Waals surface area (Å²) in [4.78, 5) is 36.8. The van der Waals surface area contributed by atoms with E-state index in [0.717, 1.165) is 0 Å². The molecule has 2 aromatic rings. The lowest BCUT2D eigenvalue weighted by Gasteiger charge is -2.30. The molecule has 0 aliphatic heterocycles. The standard InChI is InChI=1S/C21H24N2O5/c1-3-21(20(26)27,15-10-6-5-7-11-15)23-18(24)14-22-19(25)16-12-8-9-13-17(16)28-4-2/h5-13H,3-4,14H2,1-2H3,(H,22,25)(H,23,24)(H,26,27). The van der Waals surface area contributed by atoms with Gasteiger partial charge in [-0.1, -0.05) is 49.4 Å². The van der Waals surface area contributed by atoms with Gasteiger partial charge in [0.15, 0.2) is 5.54 Å². The fourth-order valence-electron chi connectivity index (χ4n) is 2.89. The zero-order chi connectivity index (χ0) is 20.6. The highest BCUT2D eigenvalue weighted by Crippen LogP contribution is 2.25. The van der Waals surface area contributed by atoms with Gasteiger partial charge in [-0.15, -0.1) is 0 Å². The van der Waals surface area contributed by atoms with E-state index >= 15 is 0 Å². The first-order chi connectivity index (χ1) is 13.4. The molecule has 2 aromatic carbocycles. The van der Waals surface area contributed by atoms with Crippen LogP contribution in [-0.4, -0.2) is 36.0 Å². The molecule has 0 aromatic heterocycles. The minimum atomic E-state index is -1.56. The highest BCUT2D eigenvalue weighted by Gasteiger charge is 2.40. The van der Waals surface area contributed by atoms with E-state index in [-0.39, 0.29) is 13.0 Å². The van der Waals surface area contributed by atoms with Crippen LogP contribution in [0, 0.1) is 0 Å². The van der Waals surface area contributed by atoms with Gasteiger partial charge in [0.25, 0.3) is 5.91 Å². The van der Waals surface area contributed by atoms with Crippen LogP contribution in [0.4, 0.5) is 0 Å². The highest BCUT2D eigenvalue weighted by molar-refractivity contribution is 5.99. The zero-order valence-corrected chi connectivity index (χ0v) is 15.9. The fraction of sp³-hybridized carbons (Fsp3) is 0.286.